The minimum Gasteiger partial charge on any atom is -0.479 e. The normalized spacial score (nSPS) is 18.4. The van der Waals surface area contributed by atoms with Gasteiger partial charge >= 0.3 is 6.03 Å². The average Bonchev–Trinajstić information content (AvgIpc) is 2.31. The van der Waals surface area contributed by atoms with Gasteiger partial charge in [0.1, 0.15) is 5.75 Å². The zero-order valence-corrected chi connectivity index (χ0v) is 9.14. The number of nitrogens with one attached hydrogen (secondary N) is 1. The molecule has 5 N–H and O–H groups in total. The number of carbonyl (C=O) groups is 2. The fourth-order valence-electron chi connectivity index (χ4n) is 1.62. The maximum absolute atomic E-state index is 11.8. The second kappa shape index (κ2) is 3.95. The van der Waals surface area contributed by atoms with Crippen molar-refractivity contribution in [2.45, 2.75) is 13.0 Å². The highest BCUT2D eigenvalue weighted by atomic mass is 16.5. The topological polar surface area (TPSA) is 111 Å². The van der Waals surface area contributed by atoms with Gasteiger partial charge in [-0.3, -0.25) is 10.2 Å². The third-order valence-electron chi connectivity index (χ3n) is 2.42. The van der Waals surface area contributed by atoms with Crippen molar-refractivity contribution in [2.24, 2.45) is 5.84 Å². The molecule has 1 atom stereocenters. The lowest BCUT2D eigenvalue weighted by molar-refractivity contribution is -0.124. The summed E-state index contributed by atoms with van der Waals surface area (Å²) in [5, 5.41) is 0. The predicted molar refractivity (Wildman–Crippen MR) is 61.1 cm³/mol. The number of fused-ring (bicyclic) bond motifs is 1. The Morgan fingerprint density at radius 2 is 2.24 bits per heavy atom. The van der Waals surface area contributed by atoms with Crippen LogP contribution in [0.2, 0.25) is 0 Å². The summed E-state index contributed by atoms with van der Waals surface area (Å²) in [7, 11) is 0. The molecule has 2 rings (SSSR count). The molecule has 0 spiro atoms. The molecule has 0 saturated heterocycles. The van der Waals surface area contributed by atoms with E-state index in [1.54, 1.807) is 19.1 Å². The second-order valence-electron chi connectivity index (χ2n) is 3.61. The first kappa shape index (κ1) is 11.2. The van der Waals surface area contributed by atoms with Crippen LogP contribution < -0.4 is 26.6 Å². The Labute approximate surface area is 97.3 Å². The van der Waals surface area contributed by atoms with Gasteiger partial charge in [-0.1, -0.05) is 0 Å². The van der Waals surface area contributed by atoms with E-state index in [1.807, 2.05) is 5.43 Å². The highest BCUT2D eigenvalue weighted by Crippen LogP contribution is 2.35. The van der Waals surface area contributed by atoms with Crippen LogP contribution in [0.1, 0.15) is 6.92 Å². The molecule has 3 amide bonds. The zero-order valence-electron chi connectivity index (χ0n) is 9.14. The number of hydrazine groups is 1. The van der Waals surface area contributed by atoms with E-state index in [0.29, 0.717) is 11.4 Å². The Morgan fingerprint density at radius 1 is 1.53 bits per heavy atom. The van der Waals surface area contributed by atoms with Crippen molar-refractivity contribution >= 4 is 23.3 Å². The standard InChI is InChI=1S/C10H12N4O3/c1-5-9(15)14(10(16)13-12)7-4-6(11)2-3-8(7)17-5/h2-5H,11-12H2,1H3,(H,13,16). The number of anilines is 2. The number of ether oxygens (including phenoxy) is 1. The van der Waals surface area contributed by atoms with Gasteiger partial charge in [0, 0.05) is 5.69 Å². The summed E-state index contributed by atoms with van der Waals surface area (Å²) in [4.78, 5) is 24.3. The van der Waals surface area contributed by atoms with Crippen LogP contribution in [0.4, 0.5) is 16.2 Å². The Hall–Kier alpha value is -2.28. The van der Waals surface area contributed by atoms with Crippen LogP contribution >= 0.6 is 0 Å². The summed E-state index contributed by atoms with van der Waals surface area (Å²) in [6.45, 7) is 1.55. The van der Waals surface area contributed by atoms with Gasteiger partial charge in [-0.05, 0) is 25.1 Å². The number of benzene rings is 1. The maximum atomic E-state index is 11.8. The minimum atomic E-state index is -0.747. The Balaban J connectivity index is 2.54. The predicted octanol–water partition coefficient (Wildman–Crippen LogP) is -0.0340. The number of hydrogen-bond acceptors (Lipinski definition) is 5. The minimum absolute atomic E-state index is 0.288. The Bertz CT molecular complexity index is 488. The van der Waals surface area contributed by atoms with Gasteiger partial charge in [0.25, 0.3) is 5.91 Å². The monoisotopic (exact) mass is 236 g/mol. The van der Waals surface area contributed by atoms with Gasteiger partial charge in [-0.2, -0.15) is 0 Å². The molecule has 90 valence electrons. The number of amides is 3. The lowest BCUT2D eigenvalue weighted by Crippen LogP contribution is -2.53. The van der Waals surface area contributed by atoms with Gasteiger partial charge in [-0.15, -0.1) is 0 Å². The van der Waals surface area contributed by atoms with E-state index in [-0.39, 0.29) is 5.69 Å². The molecule has 1 aliphatic rings. The molecule has 0 aromatic heterocycles. The molecule has 17 heavy (non-hydrogen) atoms. The van der Waals surface area contributed by atoms with Crippen molar-refractivity contribution in [3.05, 3.63) is 18.2 Å². The third kappa shape index (κ3) is 1.76. The van der Waals surface area contributed by atoms with Crippen molar-refractivity contribution in [3.8, 4) is 5.75 Å². The van der Waals surface area contributed by atoms with E-state index < -0.39 is 18.0 Å². The quantitative estimate of drug-likeness (QED) is 0.253. The van der Waals surface area contributed by atoms with E-state index >= 15 is 0 Å². The largest absolute Gasteiger partial charge is 0.479 e. The van der Waals surface area contributed by atoms with E-state index in [4.69, 9.17) is 16.3 Å². The van der Waals surface area contributed by atoms with E-state index in [0.717, 1.165) is 4.90 Å². The Kier molecular flexibility index (Phi) is 2.60. The SMILES string of the molecule is CC1Oc2ccc(N)cc2N(C(=O)NN)C1=O. The van der Waals surface area contributed by atoms with Crippen LogP contribution in [0, 0.1) is 0 Å². The molecule has 7 heteroatoms. The lowest BCUT2D eigenvalue weighted by Gasteiger charge is -2.31. The molecule has 0 bridgehead atoms. The number of carbonyl (C=O) groups excluding carboxylic acids is 2. The van der Waals surface area contributed by atoms with Crippen molar-refractivity contribution < 1.29 is 14.3 Å². The third-order valence-corrected chi connectivity index (χ3v) is 2.42. The average molecular weight is 236 g/mol. The molecular weight excluding hydrogens is 224 g/mol. The molecule has 7 nitrogen and oxygen atoms in total. The number of hydrogen-bond donors (Lipinski definition) is 3. The molecular formula is C10H12N4O3. The van der Waals surface area contributed by atoms with Gasteiger partial charge in [0.05, 0.1) is 5.69 Å². The van der Waals surface area contributed by atoms with Crippen LogP contribution in [0.15, 0.2) is 18.2 Å². The van der Waals surface area contributed by atoms with Crippen LogP contribution in [0.5, 0.6) is 5.75 Å². The smallest absolute Gasteiger partial charge is 0.343 e. The number of nitrogens with zero attached hydrogens (tertiary/aromatic N) is 1. The molecule has 0 fully saturated rings. The summed E-state index contributed by atoms with van der Waals surface area (Å²) in [6.07, 6.45) is -0.747. The molecule has 1 aromatic rings. The van der Waals surface area contributed by atoms with E-state index in [9.17, 15) is 9.59 Å². The Morgan fingerprint density at radius 3 is 2.88 bits per heavy atom. The summed E-state index contributed by atoms with van der Waals surface area (Å²) >= 11 is 0. The first-order chi connectivity index (χ1) is 8.04. The number of nitrogens with two attached hydrogens (primary N) is 2. The van der Waals surface area contributed by atoms with E-state index in [1.165, 1.54) is 6.07 Å². The highest BCUT2D eigenvalue weighted by Gasteiger charge is 2.35. The van der Waals surface area contributed by atoms with Gasteiger partial charge < -0.3 is 10.5 Å². The van der Waals surface area contributed by atoms with Crippen LogP contribution in [-0.2, 0) is 4.79 Å². The highest BCUT2D eigenvalue weighted by molar-refractivity contribution is 6.17. The van der Waals surface area contributed by atoms with E-state index in [2.05, 4.69) is 0 Å². The van der Waals surface area contributed by atoms with Crippen LogP contribution in [0.25, 0.3) is 0 Å². The molecule has 1 aliphatic heterocycles. The number of urea groups is 1. The maximum Gasteiger partial charge on any atom is 0.343 e. The van der Waals surface area contributed by atoms with Gasteiger partial charge in [0.15, 0.2) is 6.10 Å². The molecule has 1 heterocycles. The van der Waals surface area contributed by atoms with Crippen molar-refractivity contribution in [2.75, 3.05) is 10.6 Å². The molecule has 1 aromatic carbocycles. The fourth-order valence-corrected chi connectivity index (χ4v) is 1.62. The van der Waals surface area contributed by atoms with Crippen LogP contribution in [0.3, 0.4) is 0 Å². The summed E-state index contributed by atoms with van der Waals surface area (Å²) in [6, 6.07) is 3.98. The summed E-state index contributed by atoms with van der Waals surface area (Å²) in [5.74, 6) is 4.96. The lowest BCUT2D eigenvalue weighted by atomic mass is 10.2. The van der Waals surface area contributed by atoms with Crippen molar-refractivity contribution in [3.63, 3.8) is 0 Å². The van der Waals surface area contributed by atoms with Crippen LogP contribution in [-0.4, -0.2) is 18.0 Å². The molecule has 0 aliphatic carbocycles. The van der Waals surface area contributed by atoms with Gasteiger partial charge in [-0.25, -0.2) is 15.5 Å². The first-order valence-corrected chi connectivity index (χ1v) is 4.95. The zero-order chi connectivity index (χ0) is 12.6. The molecule has 0 saturated carbocycles. The second-order valence-corrected chi connectivity index (χ2v) is 3.61. The number of nitrogen functional groups attached to an aromatic ring is 1. The van der Waals surface area contributed by atoms with Crippen molar-refractivity contribution in [1.82, 2.24) is 5.43 Å². The number of imide groups is 1. The number of rotatable bonds is 0. The summed E-state index contributed by atoms with van der Waals surface area (Å²) in [5.41, 5.74) is 8.23. The fraction of sp³-hybridized carbons (Fsp3) is 0.200. The first-order valence-electron chi connectivity index (χ1n) is 4.95. The summed E-state index contributed by atoms with van der Waals surface area (Å²) < 4.78 is 5.36. The molecule has 0 radical (unpaired) electrons. The van der Waals surface area contributed by atoms with Crippen molar-refractivity contribution in [1.29, 1.82) is 0 Å². The molecule has 1 unspecified atom stereocenters. The van der Waals surface area contributed by atoms with Gasteiger partial charge in [0.2, 0.25) is 0 Å².